The van der Waals surface area contributed by atoms with Gasteiger partial charge in [-0.2, -0.15) is 11.8 Å². The smallest absolute Gasteiger partial charge is 0.310 e. The van der Waals surface area contributed by atoms with Gasteiger partial charge in [0.15, 0.2) is 0 Å². The third-order valence-electron chi connectivity index (χ3n) is 3.44. The number of likely N-dealkylation sites (tertiary alicyclic amines) is 1. The van der Waals surface area contributed by atoms with E-state index in [1.54, 1.807) is 0 Å². The first kappa shape index (κ1) is 13.8. The molecule has 1 N–H and O–H groups in total. The predicted molar refractivity (Wildman–Crippen MR) is 69.0 cm³/mol. The highest BCUT2D eigenvalue weighted by atomic mass is 32.2. The summed E-state index contributed by atoms with van der Waals surface area (Å²) in [6.07, 6.45) is 5.90. The van der Waals surface area contributed by atoms with Crippen molar-refractivity contribution >= 4 is 17.7 Å². The zero-order chi connectivity index (χ0) is 12.0. The molecule has 1 fully saturated rings. The Labute approximate surface area is 103 Å². The van der Waals surface area contributed by atoms with Crippen LogP contribution in [0.1, 0.15) is 32.6 Å². The Hall–Kier alpha value is -0.220. The van der Waals surface area contributed by atoms with Gasteiger partial charge in [-0.05, 0) is 44.4 Å². The van der Waals surface area contributed by atoms with E-state index in [2.05, 4.69) is 18.1 Å². The lowest BCUT2D eigenvalue weighted by Gasteiger charge is -2.24. The van der Waals surface area contributed by atoms with Gasteiger partial charge in [0.1, 0.15) is 0 Å². The molecule has 0 saturated carbocycles. The van der Waals surface area contributed by atoms with Crippen LogP contribution in [-0.4, -0.2) is 47.6 Å². The van der Waals surface area contributed by atoms with Crippen molar-refractivity contribution in [2.24, 2.45) is 5.41 Å². The Balaban J connectivity index is 2.43. The number of carboxylic acids is 1. The van der Waals surface area contributed by atoms with Gasteiger partial charge >= 0.3 is 5.97 Å². The molecule has 1 saturated heterocycles. The van der Waals surface area contributed by atoms with Gasteiger partial charge in [-0.15, -0.1) is 0 Å². The van der Waals surface area contributed by atoms with E-state index in [0.717, 1.165) is 38.9 Å². The number of hydrogen-bond donors (Lipinski definition) is 1. The fourth-order valence-corrected chi connectivity index (χ4v) is 2.96. The Morgan fingerprint density at radius 2 is 2.31 bits per heavy atom. The van der Waals surface area contributed by atoms with Crippen molar-refractivity contribution < 1.29 is 9.90 Å². The summed E-state index contributed by atoms with van der Waals surface area (Å²) >= 11 is 1.86. The Morgan fingerprint density at radius 3 is 2.88 bits per heavy atom. The van der Waals surface area contributed by atoms with Crippen LogP contribution >= 0.6 is 11.8 Å². The monoisotopic (exact) mass is 245 g/mol. The summed E-state index contributed by atoms with van der Waals surface area (Å²) < 4.78 is 0. The summed E-state index contributed by atoms with van der Waals surface area (Å²) in [5, 5.41) is 9.35. The van der Waals surface area contributed by atoms with E-state index in [1.165, 1.54) is 12.2 Å². The number of thioether (sulfide) groups is 1. The fourth-order valence-electron chi connectivity index (χ4n) is 2.55. The average Bonchev–Trinajstić information content (AvgIpc) is 2.64. The maximum atomic E-state index is 11.4. The minimum atomic E-state index is -0.596. The third kappa shape index (κ3) is 3.39. The predicted octanol–water partition coefficient (Wildman–Crippen LogP) is 2.32. The van der Waals surface area contributed by atoms with Gasteiger partial charge in [0.25, 0.3) is 0 Å². The Kier molecular flexibility index (Phi) is 5.62. The van der Waals surface area contributed by atoms with Crippen LogP contribution in [0.25, 0.3) is 0 Å². The van der Waals surface area contributed by atoms with E-state index >= 15 is 0 Å². The van der Waals surface area contributed by atoms with Gasteiger partial charge in [-0.3, -0.25) is 4.79 Å². The molecule has 1 atom stereocenters. The minimum Gasteiger partial charge on any atom is -0.481 e. The summed E-state index contributed by atoms with van der Waals surface area (Å²) in [7, 11) is 0. The van der Waals surface area contributed by atoms with Crippen LogP contribution < -0.4 is 0 Å². The normalized spacial score (nSPS) is 26.1. The molecule has 0 spiro atoms. The molecule has 3 nitrogen and oxygen atoms in total. The summed E-state index contributed by atoms with van der Waals surface area (Å²) in [6.45, 7) is 4.84. The summed E-state index contributed by atoms with van der Waals surface area (Å²) in [6, 6.07) is 0. The average molecular weight is 245 g/mol. The number of hydrogen-bond acceptors (Lipinski definition) is 3. The second kappa shape index (κ2) is 6.50. The molecule has 0 aromatic heterocycles. The molecule has 0 aliphatic carbocycles. The molecule has 94 valence electrons. The van der Waals surface area contributed by atoms with Crippen LogP contribution in [-0.2, 0) is 4.79 Å². The van der Waals surface area contributed by atoms with Crippen LogP contribution in [0.3, 0.4) is 0 Å². The zero-order valence-corrected chi connectivity index (χ0v) is 11.2. The van der Waals surface area contributed by atoms with Crippen molar-refractivity contribution in [1.82, 2.24) is 4.90 Å². The molecular weight excluding hydrogens is 222 g/mol. The summed E-state index contributed by atoms with van der Waals surface area (Å²) in [5.74, 6) is 0.575. The van der Waals surface area contributed by atoms with E-state index in [9.17, 15) is 9.90 Å². The van der Waals surface area contributed by atoms with E-state index < -0.39 is 11.4 Å². The minimum absolute atomic E-state index is 0.450. The molecule has 1 rings (SSSR count). The Morgan fingerprint density at radius 1 is 1.56 bits per heavy atom. The van der Waals surface area contributed by atoms with Crippen molar-refractivity contribution in [1.29, 1.82) is 0 Å². The molecular formula is C12H23NO2S. The molecule has 16 heavy (non-hydrogen) atoms. The molecule has 4 heteroatoms. The standard InChI is InChI=1S/C12H23NO2S/c1-3-5-12(11(14)15)6-8-13(10-12)7-4-9-16-2/h3-10H2,1-2H3,(H,14,15). The third-order valence-corrected chi connectivity index (χ3v) is 4.13. The Bertz CT molecular complexity index is 235. The van der Waals surface area contributed by atoms with Crippen molar-refractivity contribution in [2.75, 3.05) is 31.6 Å². The number of aliphatic carboxylic acids is 1. The van der Waals surface area contributed by atoms with Gasteiger partial charge in [0, 0.05) is 6.54 Å². The molecule has 0 aromatic carbocycles. The van der Waals surface area contributed by atoms with Gasteiger partial charge in [-0.1, -0.05) is 13.3 Å². The summed E-state index contributed by atoms with van der Waals surface area (Å²) in [5.41, 5.74) is -0.450. The lowest BCUT2D eigenvalue weighted by atomic mass is 9.83. The van der Waals surface area contributed by atoms with Gasteiger partial charge < -0.3 is 10.0 Å². The lowest BCUT2D eigenvalue weighted by Crippen LogP contribution is -2.35. The number of carbonyl (C=O) groups is 1. The van der Waals surface area contributed by atoms with E-state index in [-0.39, 0.29) is 0 Å². The van der Waals surface area contributed by atoms with Crippen LogP contribution in [0.4, 0.5) is 0 Å². The quantitative estimate of drug-likeness (QED) is 0.699. The van der Waals surface area contributed by atoms with Crippen LogP contribution in [0.5, 0.6) is 0 Å². The van der Waals surface area contributed by atoms with Gasteiger partial charge in [-0.25, -0.2) is 0 Å². The topological polar surface area (TPSA) is 40.5 Å². The molecule has 0 aromatic rings. The van der Waals surface area contributed by atoms with Crippen molar-refractivity contribution in [3.05, 3.63) is 0 Å². The molecule has 1 aliphatic heterocycles. The molecule has 0 amide bonds. The van der Waals surface area contributed by atoms with Crippen LogP contribution in [0.2, 0.25) is 0 Å². The highest BCUT2D eigenvalue weighted by Crippen LogP contribution is 2.35. The summed E-state index contributed by atoms with van der Waals surface area (Å²) in [4.78, 5) is 13.7. The van der Waals surface area contributed by atoms with E-state index in [0.29, 0.717) is 0 Å². The molecule has 1 heterocycles. The maximum absolute atomic E-state index is 11.4. The first-order valence-corrected chi connectivity index (χ1v) is 7.48. The number of carboxylic acid groups (broad SMARTS) is 1. The van der Waals surface area contributed by atoms with Crippen LogP contribution in [0, 0.1) is 5.41 Å². The maximum Gasteiger partial charge on any atom is 0.310 e. The van der Waals surface area contributed by atoms with Crippen molar-refractivity contribution in [2.45, 2.75) is 32.6 Å². The van der Waals surface area contributed by atoms with E-state index in [1.807, 2.05) is 11.8 Å². The second-order valence-corrected chi connectivity index (χ2v) is 5.69. The largest absolute Gasteiger partial charge is 0.481 e. The molecule has 1 unspecified atom stereocenters. The molecule has 0 radical (unpaired) electrons. The first-order valence-electron chi connectivity index (χ1n) is 6.09. The second-order valence-electron chi connectivity index (χ2n) is 4.71. The number of nitrogens with zero attached hydrogens (tertiary/aromatic N) is 1. The van der Waals surface area contributed by atoms with E-state index in [4.69, 9.17) is 0 Å². The SMILES string of the molecule is CCCC1(C(=O)O)CCN(CCCSC)C1. The lowest BCUT2D eigenvalue weighted by molar-refractivity contribution is -0.148. The number of rotatable bonds is 7. The van der Waals surface area contributed by atoms with Crippen LogP contribution in [0.15, 0.2) is 0 Å². The highest BCUT2D eigenvalue weighted by Gasteiger charge is 2.43. The fraction of sp³-hybridized carbons (Fsp3) is 0.917. The van der Waals surface area contributed by atoms with Gasteiger partial charge in [0.05, 0.1) is 5.41 Å². The first-order chi connectivity index (χ1) is 7.64. The van der Waals surface area contributed by atoms with Crippen molar-refractivity contribution in [3.63, 3.8) is 0 Å². The zero-order valence-electron chi connectivity index (χ0n) is 10.4. The van der Waals surface area contributed by atoms with Gasteiger partial charge in [0.2, 0.25) is 0 Å². The molecule has 1 aliphatic rings. The molecule has 0 bridgehead atoms. The highest BCUT2D eigenvalue weighted by molar-refractivity contribution is 7.98. The van der Waals surface area contributed by atoms with Crippen molar-refractivity contribution in [3.8, 4) is 0 Å².